The minimum absolute atomic E-state index is 0.0779. The van der Waals surface area contributed by atoms with Gasteiger partial charge in [-0.2, -0.15) is 0 Å². The van der Waals surface area contributed by atoms with Gasteiger partial charge in [-0.05, 0) is 194 Å². The maximum atomic E-state index is 7.46. The molecule has 0 aliphatic rings. The van der Waals surface area contributed by atoms with Crippen LogP contribution in [0.3, 0.4) is 0 Å². The first-order valence-electron chi connectivity index (χ1n) is 54.0. The molecule has 0 fully saturated rings. The highest BCUT2D eigenvalue weighted by Crippen LogP contribution is 2.54. The van der Waals surface area contributed by atoms with Gasteiger partial charge in [0.2, 0.25) is 0 Å². The number of unbranched alkanes of at least 4 members (excludes halogenated alkanes) is 45. The van der Waals surface area contributed by atoms with Crippen LogP contribution in [0, 0.1) is 20.8 Å². The molecule has 0 radical (unpaired) electrons. The van der Waals surface area contributed by atoms with Crippen LogP contribution in [0.25, 0.3) is 0 Å². The molecule has 130 heavy (non-hydrogen) atoms. The van der Waals surface area contributed by atoms with Gasteiger partial charge in [-0.25, -0.2) is 0 Å². The number of benzene rings is 6. The van der Waals surface area contributed by atoms with Crippen LogP contribution < -0.4 is 27.1 Å². The lowest BCUT2D eigenvalue weighted by Gasteiger charge is -2.33. The van der Waals surface area contributed by atoms with Gasteiger partial charge in [0.15, 0.2) is 0 Å². The molecule has 9 nitrogen and oxygen atoms in total. The van der Waals surface area contributed by atoms with Gasteiger partial charge in [-0.3, -0.25) is 13.6 Å². The van der Waals surface area contributed by atoms with E-state index in [9.17, 15) is 0 Å². The number of aryl methyl sites for hydroxylation is 6. The number of para-hydroxylation sites is 3. The Morgan fingerprint density at radius 2 is 0.438 bits per heavy atom. The summed E-state index contributed by atoms with van der Waals surface area (Å²) in [5.74, 6) is 5.07. The largest absolute Gasteiger partial charge is 0.463 e. The van der Waals surface area contributed by atoms with E-state index in [-0.39, 0.29) is 28.1 Å². The molecule has 6 aromatic rings. The first-order chi connectivity index (χ1) is 62.9. The minimum Gasteiger partial charge on any atom is -0.417 e. The van der Waals surface area contributed by atoms with Gasteiger partial charge in [0.05, 0.1) is 19.8 Å². The molecule has 0 aliphatic heterocycles. The molecule has 734 valence electrons. The average Bonchev–Trinajstić information content (AvgIpc) is 0.756. The van der Waals surface area contributed by atoms with E-state index < -0.39 is 25.8 Å². The molecule has 4 unspecified atom stereocenters. The standard InChI is InChI=1S/C118H193O9P3/c1-20-26-32-38-44-47-50-53-56-62-74-86-119-128(122-110-83-71-68-80-100(110)77-65-59-41-35-29-23-4)125-113-90-97(8)103(93-107(113)116(11,12)13)96(7)89-106(104-94-108(117(14,15)16)114(91-98(104)9)126-129(120-87-75-63-57-54-51-48-45-39-33-27-21-2)123-111-84-72-69-81-101(111)78-66-60-42-36-30-24-5)105-95-109(118(17,18)19)115(92-99(105)10)127-130(121-88-76-64-58-55-52-49-46-40-34-28-22-3)124-112-85-73-70-82-102(112)79-67-61-43-37-31-25-6/h68-73,80-85,90-96,106H,20-67,74-79,86-89H2,1-19H3. The maximum absolute atomic E-state index is 7.46. The Kier molecular flexibility index (Phi) is 59.2. The van der Waals surface area contributed by atoms with E-state index in [2.05, 4.69) is 241 Å². The van der Waals surface area contributed by atoms with Crippen molar-refractivity contribution in [2.75, 3.05) is 19.8 Å². The van der Waals surface area contributed by atoms with E-state index >= 15 is 0 Å². The third-order valence-corrected chi connectivity index (χ3v) is 29.8. The molecule has 0 spiro atoms. The van der Waals surface area contributed by atoms with Crippen LogP contribution in [0.2, 0.25) is 0 Å². The second-order valence-electron chi connectivity index (χ2n) is 41.8. The Balaban J connectivity index is 1.47. The van der Waals surface area contributed by atoms with E-state index in [4.69, 9.17) is 40.7 Å². The Morgan fingerprint density at radius 3 is 0.677 bits per heavy atom. The lowest BCUT2D eigenvalue weighted by atomic mass is 9.74. The smallest absolute Gasteiger partial charge is 0.417 e. The van der Waals surface area contributed by atoms with Crippen LogP contribution >= 0.6 is 25.8 Å². The molecule has 0 aliphatic carbocycles. The predicted molar refractivity (Wildman–Crippen MR) is 567 cm³/mol. The van der Waals surface area contributed by atoms with Crippen LogP contribution in [-0.4, -0.2) is 19.8 Å². The second kappa shape index (κ2) is 67.5. The van der Waals surface area contributed by atoms with Crippen LogP contribution in [0.1, 0.15) is 523 Å². The highest BCUT2D eigenvalue weighted by molar-refractivity contribution is 7.43. The van der Waals surface area contributed by atoms with Gasteiger partial charge in [0.25, 0.3) is 0 Å². The Labute approximate surface area is 804 Å². The summed E-state index contributed by atoms with van der Waals surface area (Å²) in [7, 11) is -5.56. The van der Waals surface area contributed by atoms with Gasteiger partial charge < -0.3 is 27.1 Å². The van der Waals surface area contributed by atoms with E-state index in [1.165, 1.54) is 320 Å². The molecule has 12 heteroatoms. The van der Waals surface area contributed by atoms with Crippen molar-refractivity contribution < 1.29 is 40.7 Å². The summed E-state index contributed by atoms with van der Waals surface area (Å²) < 4.78 is 64.7. The average molecular weight is 1850 g/mol. The van der Waals surface area contributed by atoms with E-state index in [0.29, 0.717) is 19.8 Å². The second-order valence-corrected chi connectivity index (χ2v) is 45.0. The molecule has 6 rings (SSSR count). The van der Waals surface area contributed by atoms with Crippen LogP contribution in [0.15, 0.2) is 109 Å². The quantitative estimate of drug-likeness (QED) is 0.0274. The molecule has 0 saturated carbocycles. The fraction of sp³-hybridized carbons (Fsp3) is 0.695. The number of hydrogen-bond acceptors (Lipinski definition) is 9. The van der Waals surface area contributed by atoms with Crippen LogP contribution in [-0.2, 0) is 49.1 Å². The van der Waals surface area contributed by atoms with Crippen molar-refractivity contribution in [3.05, 3.63) is 176 Å². The lowest BCUT2D eigenvalue weighted by molar-refractivity contribution is 0.255. The van der Waals surface area contributed by atoms with Crippen molar-refractivity contribution in [3.8, 4) is 34.5 Å². The summed E-state index contributed by atoms with van der Waals surface area (Å²) in [5, 5.41) is 0. The molecule has 0 N–H and O–H groups in total. The van der Waals surface area contributed by atoms with Crippen molar-refractivity contribution in [2.45, 2.75) is 513 Å². The van der Waals surface area contributed by atoms with E-state index in [1.807, 2.05) is 0 Å². The Bertz CT molecular complexity index is 3720. The van der Waals surface area contributed by atoms with Crippen molar-refractivity contribution in [1.82, 2.24) is 0 Å². The normalized spacial score (nSPS) is 13.2. The SMILES string of the molecule is CCCCCCCCCCCCCOP(Oc1ccccc1CCCCCCCC)Oc1cc(C)c(C(C)CC(c2cc(C(C)(C)C)c(OP(OCCCCCCCCCCCCC)Oc3ccccc3CCCCCCCC)cc2C)c2cc(C(C)(C)C)c(OP(OCCCCCCCCCCCCC)Oc3ccccc3CCCCCCCC)cc2C)cc1C(C)(C)C. The number of rotatable bonds is 77. The molecule has 0 heterocycles. The summed E-state index contributed by atoms with van der Waals surface area (Å²) in [4.78, 5) is 0. The predicted octanol–water partition coefficient (Wildman–Crippen LogP) is 40.6. The zero-order valence-corrected chi connectivity index (χ0v) is 89.8. The molecule has 0 saturated heterocycles. The third kappa shape index (κ3) is 46.0. The summed E-state index contributed by atoms with van der Waals surface area (Å²) in [5.41, 5.74) is 13.5. The minimum atomic E-state index is -1.87. The molecule has 0 bridgehead atoms. The van der Waals surface area contributed by atoms with Crippen molar-refractivity contribution in [2.24, 2.45) is 0 Å². The first kappa shape index (κ1) is 114. The van der Waals surface area contributed by atoms with Crippen LogP contribution in [0.5, 0.6) is 34.5 Å². The van der Waals surface area contributed by atoms with Crippen molar-refractivity contribution in [1.29, 1.82) is 0 Å². The summed E-state index contributed by atoms with van der Waals surface area (Å²) in [6.45, 7) is 46.0. The van der Waals surface area contributed by atoms with E-state index in [0.717, 1.165) is 135 Å². The first-order valence-corrected chi connectivity index (χ1v) is 57.3. The van der Waals surface area contributed by atoms with Crippen LogP contribution in [0.4, 0.5) is 0 Å². The molecule has 6 aromatic carbocycles. The molecular formula is C118H193O9P3. The van der Waals surface area contributed by atoms with Crippen molar-refractivity contribution in [3.63, 3.8) is 0 Å². The van der Waals surface area contributed by atoms with Gasteiger partial charge in [-0.1, -0.05) is 473 Å². The highest BCUT2D eigenvalue weighted by Gasteiger charge is 2.35. The highest BCUT2D eigenvalue weighted by atomic mass is 31.2. The van der Waals surface area contributed by atoms with E-state index in [1.54, 1.807) is 0 Å². The summed E-state index contributed by atoms with van der Waals surface area (Å²) >= 11 is 0. The zero-order valence-electron chi connectivity index (χ0n) is 87.1. The molecule has 0 aromatic heterocycles. The molecular weight excluding hydrogens is 1650 g/mol. The summed E-state index contributed by atoms with van der Waals surface area (Å²) in [6.07, 6.45) is 68.0. The topological polar surface area (TPSA) is 83.1 Å². The van der Waals surface area contributed by atoms with Crippen molar-refractivity contribution >= 4 is 25.8 Å². The Morgan fingerprint density at radius 1 is 0.238 bits per heavy atom. The van der Waals surface area contributed by atoms with Gasteiger partial charge in [0, 0.05) is 22.6 Å². The molecule has 4 atom stereocenters. The maximum Gasteiger partial charge on any atom is 0.463 e. The summed E-state index contributed by atoms with van der Waals surface area (Å²) in [6, 6.07) is 40.4. The monoisotopic (exact) mass is 1850 g/mol. The lowest BCUT2D eigenvalue weighted by Crippen LogP contribution is -2.19. The van der Waals surface area contributed by atoms with Gasteiger partial charge in [0.1, 0.15) is 34.5 Å². The zero-order chi connectivity index (χ0) is 93.9. The molecule has 0 amide bonds. The third-order valence-electron chi connectivity index (χ3n) is 26.6. The van der Waals surface area contributed by atoms with Gasteiger partial charge in [-0.15, -0.1) is 0 Å². The van der Waals surface area contributed by atoms with Gasteiger partial charge >= 0.3 is 25.8 Å². The fourth-order valence-electron chi connectivity index (χ4n) is 18.4. The number of hydrogen-bond donors (Lipinski definition) is 0. The fourth-order valence-corrected chi connectivity index (χ4v) is 21.6. The Hall–Kier alpha value is -4.71.